The second kappa shape index (κ2) is 7.70. The highest BCUT2D eigenvalue weighted by Crippen LogP contribution is 2.23. The van der Waals surface area contributed by atoms with Crippen LogP contribution in [0.2, 0.25) is 5.02 Å². The van der Waals surface area contributed by atoms with Crippen LogP contribution in [0.5, 0.6) is 0 Å². The molecule has 9 heteroatoms. The maximum Gasteiger partial charge on any atom is 0.329 e. The summed E-state index contributed by atoms with van der Waals surface area (Å²) in [5, 5.41) is 17.6. The molecular formula is C14H17ClN6O2. The molecule has 0 unspecified atom stereocenters. The van der Waals surface area contributed by atoms with E-state index >= 15 is 0 Å². The molecule has 0 aliphatic carbocycles. The maximum absolute atomic E-state index is 11.1. The number of hydrogen-bond donors (Lipinski definition) is 2. The molecule has 0 spiro atoms. The minimum absolute atomic E-state index is 0.162. The number of benzene rings is 1. The van der Waals surface area contributed by atoms with E-state index in [1.165, 1.54) is 6.20 Å². The first-order chi connectivity index (χ1) is 11.0. The standard InChI is InChI=1S/C14H17ClN6O2/c1-20(2)8-7-16-13-12(21(22)23)9-17-14(19-13)18-11-5-3-10(15)4-6-11/h3-6,9H,7-8H2,1-2H3,(H2,16,17,18,19). The number of nitrogens with zero attached hydrogens (tertiary/aromatic N) is 4. The van der Waals surface area contributed by atoms with Crippen molar-refractivity contribution in [3.05, 3.63) is 45.6 Å². The Kier molecular flexibility index (Phi) is 5.67. The van der Waals surface area contributed by atoms with Gasteiger partial charge in [-0.25, -0.2) is 4.98 Å². The zero-order valence-electron chi connectivity index (χ0n) is 12.8. The summed E-state index contributed by atoms with van der Waals surface area (Å²) < 4.78 is 0. The van der Waals surface area contributed by atoms with Crippen LogP contribution in [0, 0.1) is 10.1 Å². The van der Waals surface area contributed by atoms with Gasteiger partial charge in [0, 0.05) is 23.8 Å². The zero-order chi connectivity index (χ0) is 16.8. The lowest BCUT2D eigenvalue weighted by Gasteiger charge is -2.12. The summed E-state index contributed by atoms with van der Waals surface area (Å²) in [7, 11) is 3.84. The second-order valence-electron chi connectivity index (χ2n) is 5.05. The van der Waals surface area contributed by atoms with Crippen LogP contribution in [0.1, 0.15) is 0 Å². The van der Waals surface area contributed by atoms with Gasteiger partial charge >= 0.3 is 5.69 Å². The van der Waals surface area contributed by atoms with E-state index in [9.17, 15) is 10.1 Å². The van der Waals surface area contributed by atoms with Gasteiger partial charge in [-0.1, -0.05) is 11.6 Å². The number of hydrogen-bond acceptors (Lipinski definition) is 7. The number of halogens is 1. The summed E-state index contributed by atoms with van der Waals surface area (Å²) in [5.41, 5.74) is 0.577. The van der Waals surface area contributed by atoms with E-state index in [-0.39, 0.29) is 17.5 Å². The first-order valence-corrected chi connectivity index (χ1v) is 7.26. The molecule has 2 N–H and O–H groups in total. The zero-order valence-corrected chi connectivity index (χ0v) is 13.5. The maximum atomic E-state index is 11.1. The van der Waals surface area contributed by atoms with Crippen molar-refractivity contribution in [2.75, 3.05) is 37.8 Å². The van der Waals surface area contributed by atoms with Crippen molar-refractivity contribution in [2.45, 2.75) is 0 Å². The quantitative estimate of drug-likeness (QED) is 0.592. The molecule has 0 aliphatic heterocycles. The normalized spacial score (nSPS) is 10.6. The number of nitrogens with one attached hydrogen (secondary N) is 2. The van der Waals surface area contributed by atoms with Crippen molar-refractivity contribution >= 4 is 34.7 Å². The third-order valence-electron chi connectivity index (χ3n) is 2.92. The van der Waals surface area contributed by atoms with Crippen molar-refractivity contribution < 1.29 is 4.92 Å². The van der Waals surface area contributed by atoms with Crippen molar-refractivity contribution in [1.29, 1.82) is 0 Å². The molecule has 23 heavy (non-hydrogen) atoms. The van der Waals surface area contributed by atoms with Crippen LogP contribution in [-0.2, 0) is 0 Å². The summed E-state index contributed by atoms with van der Waals surface area (Å²) >= 11 is 5.83. The number of aromatic nitrogens is 2. The fourth-order valence-electron chi connectivity index (χ4n) is 1.76. The molecule has 8 nitrogen and oxygen atoms in total. The molecule has 0 radical (unpaired) electrons. The summed E-state index contributed by atoms with van der Waals surface area (Å²) in [6.07, 6.45) is 1.18. The first kappa shape index (κ1) is 16.9. The SMILES string of the molecule is CN(C)CCNc1nc(Nc2ccc(Cl)cc2)ncc1[N+](=O)[O-]. The number of nitro groups is 1. The fourth-order valence-corrected chi connectivity index (χ4v) is 1.89. The Hall–Kier alpha value is -2.45. The van der Waals surface area contributed by atoms with E-state index in [0.29, 0.717) is 11.6 Å². The largest absolute Gasteiger partial charge is 0.363 e. The highest BCUT2D eigenvalue weighted by atomic mass is 35.5. The van der Waals surface area contributed by atoms with E-state index in [1.807, 2.05) is 19.0 Å². The molecule has 0 saturated carbocycles. The molecule has 0 fully saturated rings. The molecule has 0 aliphatic rings. The van der Waals surface area contributed by atoms with E-state index in [0.717, 1.165) is 12.2 Å². The minimum atomic E-state index is -0.510. The third kappa shape index (κ3) is 5.04. The lowest BCUT2D eigenvalue weighted by atomic mass is 10.3. The highest BCUT2D eigenvalue weighted by Gasteiger charge is 2.17. The van der Waals surface area contributed by atoms with Crippen molar-refractivity contribution in [3.63, 3.8) is 0 Å². The Labute approximate surface area is 138 Å². The van der Waals surface area contributed by atoms with Gasteiger partial charge in [-0.3, -0.25) is 10.1 Å². The molecule has 2 aromatic rings. The topological polar surface area (TPSA) is 96.2 Å². The van der Waals surface area contributed by atoms with Crippen LogP contribution in [0.15, 0.2) is 30.5 Å². The van der Waals surface area contributed by atoms with Gasteiger partial charge in [-0.15, -0.1) is 0 Å². The lowest BCUT2D eigenvalue weighted by Crippen LogP contribution is -2.21. The molecule has 122 valence electrons. The van der Waals surface area contributed by atoms with Crippen LogP contribution in [0.3, 0.4) is 0 Å². The molecule has 1 aromatic heterocycles. The Morgan fingerprint density at radius 3 is 2.61 bits per heavy atom. The summed E-state index contributed by atoms with van der Waals surface area (Å²) in [6, 6.07) is 7.00. The van der Waals surface area contributed by atoms with Gasteiger partial charge in [-0.05, 0) is 38.4 Å². The fraction of sp³-hybridized carbons (Fsp3) is 0.286. The molecule has 0 saturated heterocycles. The Morgan fingerprint density at radius 1 is 1.30 bits per heavy atom. The first-order valence-electron chi connectivity index (χ1n) is 6.88. The van der Waals surface area contributed by atoms with Gasteiger partial charge in [0.2, 0.25) is 11.8 Å². The predicted molar refractivity (Wildman–Crippen MR) is 90.5 cm³/mol. The average Bonchev–Trinajstić information content (AvgIpc) is 2.49. The van der Waals surface area contributed by atoms with Gasteiger partial charge in [0.25, 0.3) is 0 Å². The Morgan fingerprint density at radius 2 is 2.00 bits per heavy atom. The number of rotatable bonds is 7. The van der Waals surface area contributed by atoms with Crippen LogP contribution in [-0.4, -0.2) is 47.0 Å². The molecule has 0 amide bonds. The molecule has 0 bridgehead atoms. The van der Waals surface area contributed by atoms with E-state index in [4.69, 9.17) is 11.6 Å². The Balaban J connectivity index is 2.17. The molecular weight excluding hydrogens is 320 g/mol. The molecule has 0 atom stereocenters. The number of anilines is 3. The summed E-state index contributed by atoms with van der Waals surface area (Å²) in [5.74, 6) is 0.452. The Bertz CT molecular complexity index is 677. The van der Waals surface area contributed by atoms with Crippen LogP contribution < -0.4 is 10.6 Å². The minimum Gasteiger partial charge on any atom is -0.363 e. The van der Waals surface area contributed by atoms with Crippen molar-refractivity contribution in [1.82, 2.24) is 14.9 Å². The van der Waals surface area contributed by atoms with Crippen molar-refractivity contribution in [2.24, 2.45) is 0 Å². The lowest BCUT2D eigenvalue weighted by molar-refractivity contribution is -0.384. The predicted octanol–water partition coefficient (Wildman–Crippen LogP) is 2.76. The van der Waals surface area contributed by atoms with Gasteiger partial charge in [-0.2, -0.15) is 4.98 Å². The van der Waals surface area contributed by atoms with E-state index in [1.54, 1.807) is 24.3 Å². The highest BCUT2D eigenvalue weighted by molar-refractivity contribution is 6.30. The van der Waals surface area contributed by atoms with Crippen LogP contribution in [0.4, 0.5) is 23.1 Å². The monoisotopic (exact) mass is 336 g/mol. The van der Waals surface area contributed by atoms with Crippen molar-refractivity contribution in [3.8, 4) is 0 Å². The second-order valence-corrected chi connectivity index (χ2v) is 5.48. The molecule has 1 heterocycles. The molecule has 1 aromatic carbocycles. The van der Waals surface area contributed by atoms with Gasteiger partial charge < -0.3 is 15.5 Å². The van der Waals surface area contributed by atoms with Crippen LogP contribution >= 0.6 is 11.6 Å². The summed E-state index contributed by atoms with van der Waals surface area (Å²) in [6.45, 7) is 1.26. The van der Waals surface area contributed by atoms with Crippen LogP contribution in [0.25, 0.3) is 0 Å². The van der Waals surface area contributed by atoms with Gasteiger partial charge in [0.1, 0.15) is 6.20 Å². The molecule has 2 rings (SSSR count). The third-order valence-corrected chi connectivity index (χ3v) is 3.17. The van der Waals surface area contributed by atoms with E-state index in [2.05, 4.69) is 20.6 Å². The van der Waals surface area contributed by atoms with Gasteiger partial charge in [0.15, 0.2) is 0 Å². The summed E-state index contributed by atoms with van der Waals surface area (Å²) in [4.78, 5) is 20.7. The average molecular weight is 337 g/mol. The van der Waals surface area contributed by atoms with E-state index < -0.39 is 4.92 Å². The smallest absolute Gasteiger partial charge is 0.329 e. The van der Waals surface area contributed by atoms with Gasteiger partial charge in [0.05, 0.1) is 4.92 Å². The number of likely N-dealkylation sites (N-methyl/N-ethyl adjacent to an activating group) is 1.